The molecule has 282 valence electrons. The lowest BCUT2D eigenvalue weighted by molar-refractivity contribution is -0.176. The van der Waals surface area contributed by atoms with Crippen molar-refractivity contribution in [3.05, 3.63) is 105 Å². The predicted molar refractivity (Wildman–Crippen MR) is 167 cm³/mol. The number of nitrogens with one attached hydrogen (secondary N) is 1. The fourth-order valence-electron chi connectivity index (χ4n) is 7.16. The van der Waals surface area contributed by atoms with Crippen LogP contribution in [0.4, 0.5) is 43.9 Å². The van der Waals surface area contributed by atoms with Gasteiger partial charge in [-0.2, -0.15) is 27.1 Å². The lowest BCUT2D eigenvalue weighted by Gasteiger charge is -2.39. The van der Waals surface area contributed by atoms with Crippen LogP contribution in [-0.4, -0.2) is 43.2 Å². The van der Waals surface area contributed by atoms with E-state index in [-0.39, 0.29) is 39.2 Å². The fourth-order valence-corrected chi connectivity index (χ4v) is 7.16. The Bertz CT molecular complexity index is 2270. The van der Waals surface area contributed by atoms with Gasteiger partial charge < -0.3 is 16.2 Å². The first-order valence-corrected chi connectivity index (χ1v) is 16.2. The van der Waals surface area contributed by atoms with Crippen LogP contribution in [0, 0.1) is 35.2 Å². The maximum atomic E-state index is 15.2. The summed E-state index contributed by atoms with van der Waals surface area (Å²) in [5.41, 5.74) is -1.09. The van der Waals surface area contributed by atoms with Crippen molar-refractivity contribution in [1.29, 1.82) is 0 Å². The molecule has 0 bridgehead atoms. The minimum Gasteiger partial charge on any atom is -0.377 e. The van der Waals surface area contributed by atoms with Crippen LogP contribution in [0.3, 0.4) is 0 Å². The van der Waals surface area contributed by atoms with Gasteiger partial charge in [-0.15, -0.1) is 0 Å². The van der Waals surface area contributed by atoms with Crippen LogP contribution in [0.15, 0.2) is 48.5 Å². The number of carbonyl (C=O) groups excluding carboxylic acids is 2. The average molecular weight is 766 g/mol. The number of hydrogen-bond donors (Lipinski definition) is 3. The molecule has 54 heavy (non-hydrogen) atoms. The molecule has 0 radical (unpaired) electrons. The maximum Gasteiger partial charge on any atom is 0.435 e. The Morgan fingerprint density at radius 3 is 2.33 bits per heavy atom. The van der Waals surface area contributed by atoms with Crippen molar-refractivity contribution in [1.82, 2.24) is 20.1 Å². The van der Waals surface area contributed by atoms with E-state index in [0.29, 0.717) is 6.07 Å². The Balaban J connectivity index is 1.32. The highest BCUT2D eigenvalue weighted by molar-refractivity contribution is 5.94. The van der Waals surface area contributed by atoms with E-state index in [2.05, 4.69) is 27.2 Å². The molecule has 0 aliphatic heterocycles. The van der Waals surface area contributed by atoms with E-state index in [1.54, 1.807) is 0 Å². The molecule has 8 nitrogen and oxygen atoms in total. The van der Waals surface area contributed by atoms with Gasteiger partial charge in [0, 0.05) is 23.1 Å². The number of hydrogen-bond acceptors (Lipinski definition) is 5. The second-order valence-corrected chi connectivity index (χ2v) is 13.6. The van der Waals surface area contributed by atoms with E-state index in [0.717, 1.165) is 24.3 Å². The number of nitrogens with two attached hydrogens (primary N) is 1. The summed E-state index contributed by atoms with van der Waals surface area (Å²) < 4.78 is 143. The molecule has 4 N–H and O–H groups in total. The van der Waals surface area contributed by atoms with Crippen LogP contribution in [0.1, 0.15) is 75.5 Å². The number of halogens is 10. The number of rotatable bonds is 8. The normalized spacial score (nSPS) is 20.5. The first-order chi connectivity index (χ1) is 25.1. The van der Waals surface area contributed by atoms with Crippen molar-refractivity contribution in [3.8, 4) is 23.0 Å². The molecule has 2 aromatic carbocycles. The molecule has 2 aromatic heterocycles. The van der Waals surface area contributed by atoms with Crippen LogP contribution in [-0.2, 0) is 29.9 Å². The van der Waals surface area contributed by atoms with E-state index < -0.39 is 119 Å². The van der Waals surface area contributed by atoms with E-state index in [1.807, 2.05) is 0 Å². The predicted octanol–water partition coefficient (Wildman–Crippen LogP) is 6.30. The summed E-state index contributed by atoms with van der Waals surface area (Å²) in [7, 11) is 0. The largest absolute Gasteiger partial charge is 0.435 e. The van der Waals surface area contributed by atoms with E-state index >= 15 is 8.78 Å². The number of alkyl halides is 7. The zero-order valence-corrected chi connectivity index (χ0v) is 27.3. The molecule has 7 rings (SSSR count). The first-order valence-electron chi connectivity index (χ1n) is 16.2. The molecule has 0 unspecified atom stereocenters. The molecule has 3 atom stereocenters. The molecule has 0 saturated heterocycles. The van der Waals surface area contributed by atoms with E-state index in [1.165, 1.54) is 18.2 Å². The van der Waals surface area contributed by atoms with Gasteiger partial charge in [0.15, 0.2) is 5.69 Å². The van der Waals surface area contributed by atoms with Gasteiger partial charge in [0.05, 0.1) is 30.1 Å². The molecule has 0 spiro atoms. The Labute approximate surface area is 298 Å². The molecule has 2 amide bonds. The van der Waals surface area contributed by atoms with Crippen molar-refractivity contribution < 1.29 is 58.6 Å². The summed E-state index contributed by atoms with van der Waals surface area (Å²) in [4.78, 5) is 30.0. The number of aliphatic hydroxyl groups is 1. The van der Waals surface area contributed by atoms with Crippen LogP contribution in [0.2, 0.25) is 0 Å². The van der Waals surface area contributed by atoms with Crippen LogP contribution in [0.25, 0.3) is 11.1 Å². The quantitative estimate of drug-likeness (QED) is 0.144. The van der Waals surface area contributed by atoms with Gasteiger partial charge in [0.2, 0.25) is 5.91 Å². The Kier molecular flexibility index (Phi) is 8.59. The smallest absolute Gasteiger partial charge is 0.377 e. The van der Waals surface area contributed by atoms with Gasteiger partial charge >= 0.3 is 6.18 Å². The number of nitrogens with zero attached hydrogens (tertiary/aromatic N) is 3. The van der Waals surface area contributed by atoms with Gasteiger partial charge in [-0.3, -0.25) is 14.3 Å². The van der Waals surface area contributed by atoms with Crippen molar-refractivity contribution >= 4 is 11.8 Å². The summed E-state index contributed by atoms with van der Waals surface area (Å²) in [6.45, 7) is -1.17. The van der Waals surface area contributed by atoms with Crippen molar-refractivity contribution in [2.24, 2.45) is 11.7 Å². The number of pyridine rings is 1. The van der Waals surface area contributed by atoms with Crippen molar-refractivity contribution in [2.75, 3.05) is 0 Å². The molecule has 2 heterocycles. The molecular weight excluding hydrogens is 740 g/mol. The number of aromatic nitrogens is 3. The highest BCUT2D eigenvalue weighted by Crippen LogP contribution is 2.68. The third-order valence-electron chi connectivity index (χ3n) is 9.51. The third-order valence-corrected chi connectivity index (χ3v) is 9.51. The van der Waals surface area contributed by atoms with E-state index in [9.17, 15) is 49.8 Å². The van der Waals surface area contributed by atoms with Gasteiger partial charge in [0.25, 0.3) is 17.8 Å². The summed E-state index contributed by atoms with van der Waals surface area (Å²) in [5, 5.41) is 16.2. The highest BCUT2D eigenvalue weighted by atomic mass is 19.4. The van der Waals surface area contributed by atoms with Crippen LogP contribution >= 0.6 is 0 Å². The van der Waals surface area contributed by atoms with Gasteiger partial charge in [0.1, 0.15) is 41.0 Å². The molecule has 18 heteroatoms. The third kappa shape index (κ3) is 6.88. The molecule has 3 aliphatic carbocycles. The minimum atomic E-state index is -5.12. The molecule has 2 saturated carbocycles. The van der Waals surface area contributed by atoms with Crippen molar-refractivity contribution in [2.45, 2.75) is 67.8 Å². The number of fused-ring (bicyclic) bond motifs is 3. The molecule has 2 fully saturated rings. The highest BCUT2D eigenvalue weighted by Gasteiger charge is 2.68. The summed E-state index contributed by atoms with van der Waals surface area (Å²) in [6.07, 6.45) is -7.77. The van der Waals surface area contributed by atoms with Gasteiger partial charge in [-0.1, -0.05) is 12.0 Å². The zero-order valence-electron chi connectivity index (χ0n) is 27.3. The summed E-state index contributed by atoms with van der Waals surface area (Å²) in [5.74, 6) is -10.1. The topological polar surface area (TPSA) is 123 Å². The minimum absolute atomic E-state index is 0.0186. The standard InChI is InChI=1S/C36H25F10N5O3/c37-18-7-16(8-19(38)11-18)9-26(49-27(52)13-51-31-28(30(50-51)36(44,45)46)22-12-24(22)35(31,42)43)29-21(17-1-4-25(39)23(10-17)32(47)53)3-2-20(48-29)5-6-33(54)14-34(40,41)15-33/h1-4,7-8,10-11,22,24,26,54H,9,12-15H2,(H2,47,53)(H,49,52)/t22-,24+,26-/m0/s1. The zero-order chi connectivity index (χ0) is 39.1. The van der Waals surface area contributed by atoms with E-state index in [4.69, 9.17) is 5.73 Å². The fraction of sp³-hybridized carbons (Fsp3) is 0.333. The number of benzene rings is 2. The lowest BCUT2D eigenvalue weighted by atomic mass is 9.77. The SMILES string of the molecule is NC(=O)c1cc(-c2ccc(C#CC3(O)CC(F)(F)C3)nc2[C@H](Cc2cc(F)cc(F)c2)NC(=O)Cn2nc(C(F)(F)F)c3c2C(F)(F)[C@@H]2C[C@H]32)ccc1F. The number of carbonyl (C=O) groups is 2. The van der Waals surface area contributed by atoms with Crippen molar-refractivity contribution in [3.63, 3.8) is 0 Å². The average Bonchev–Trinajstić information content (AvgIpc) is 3.70. The summed E-state index contributed by atoms with van der Waals surface area (Å²) >= 11 is 0. The van der Waals surface area contributed by atoms with Gasteiger partial charge in [-0.05, 0) is 72.2 Å². The number of primary amides is 1. The lowest BCUT2D eigenvalue weighted by Crippen LogP contribution is -2.50. The van der Waals surface area contributed by atoms with Crippen LogP contribution in [0.5, 0.6) is 0 Å². The maximum absolute atomic E-state index is 15.2. The van der Waals surface area contributed by atoms with Gasteiger partial charge in [-0.25, -0.2) is 26.9 Å². The Morgan fingerprint density at radius 2 is 1.70 bits per heavy atom. The first kappa shape index (κ1) is 36.9. The Morgan fingerprint density at radius 1 is 1.02 bits per heavy atom. The molecular formula is C36H25F10N5O3. The second kappa shape index (κ2) is 12.6. The number of amides is 2. The van der Waals surface area contributed by atoms with Crippen LogP contribution < -0.4 is 11.1 Å². The molecule has 3 aliphatic rings. The monoisotopic (exact) mass is 765 g/mol. The Hall–Kier alpha value is -5.44. The molecule has 4 aromatic rings. The summed E-state index contributed by atoms with van der Waals surface area (Å²) in [6, 6.07) is 6.47. The second-order valence-electron chi connectivity index (χ2n) is 13.6.